The van der Waals surface area contributed by atoms with Crippen molar-refractivity contribution in [3.05, 3.63) is 0 Å². The minimum absolute atomic E-state index is 0.661. The van der Waals surface area contributed by atoms with Crippen LogP contribution >= 0.6 is 0 Å². The molecule has 122 valence electrons. The van der Waals surface area contributed by atoms with Crippen molar-refractivity contribution in [3.8, 4) is 0 Å². The van der Waals surface area contributed by atoms with Crippen LogP contribution in [0, 0.1) is 0 Å². The van der Waals surface area contributed by atoms with Crippen LogP contribution < -0.4 is 0 Å². The summed E-state index contributed by atoms with van der Waals surface area (Å²) >= 11 is 0. The molecule has 0 aliphatic heterocycles. The molecule has 0 spiro atoms. The normalized spacial score (nSPS) is 11.4. The highest BCUT2D eigenvalue weighted by Crippen LogP contribution is 2.09. The monoisotopic (exact) mass is 306 g/mol. The number of ether oxygens (including phenoxy) is 2. The van der Waals surface area contributed by atoms with Gasteiger partial charge in [0.15, 0.2) is 0 Å². The van der Waals surface area contributed by atoms with Crippen molar-refractivity contribution < 1.29 is 18.3 Å². The van der Waals surface area contributed by atoms with Gasteiger partial charge in [0.2, 0.25) is 0 Å². The van der Waals surface area contributed by atoms with Crippen LogP contribution in [-0.2, 0) is 18.3 Å². The fourth-order valence-electron chi connectivity index (χ4n) is 1.89. The second kappa shape index (κ2) is 17.1. The summed E-state index contributed by atoms with van der Waals surface area (Å²) in [6.45, 7) is 10.4. The smallest absolute Gasteiger partial charge is 0.321 e. The van der Waals surface area contributed by atoms with Crippen LogP contribution in [0.2, 0.25) is 6.04 Å². The number of rotatable bonds is 16. The van der Waals surface area contributed by atoms with Gasteiger partial charge in [-0.1, -0.05) is 39.0 Å². The summed E-state index contributed by atoms with van der Waals surface area (Å²) in [5.74, 6) is 0. The summed E-state index contributed by atoms with van der Waals surface area (Å²) in [5, 5.41) is 0. The summed E-state index contributed by atoms with van der Waals surface area (Å²) in [4.78, 5) is 0. The molecule has 0 atom stereocenters. The Morgan fingerprint density at radius 1 is 0.650 bits per heavy atom. The molecule has 0 unspecified atom stereocenters. The number of hydrogen-bond donors (Lipinski definition) is 0. The molecule has 0 aromatic heterocycles. The van der Waals surface area contributed by atoms with Gasteiger partial charge in [0.1, 0.15) is 0 Å². The van der Waals surface area contributed by atoms with Gasteiger partial charge < -0.3 is 18.3 Å². The fourth-order valence-corrected chi connectivity index (χ4v) is 3.66. The lowest BCUT2D eigenvalue weighted by Gasteiger charge is -2.17. The van der Waals surface area contributed by atoms with Crippen molar-refractivity contribution >= 4 is 9.28 Å². The standard InChI is InChI=1S/C15H34O4Si/c1-4-7-8-9-10-15-20(18-13-11-16-5-2)19-14-12-17-6-3/h20H,4-15H2,1-3H3. The molecule has 5 heteroatoms. The molecule has 4 nitrogen and oxygen atoms in total. The van der Waals surface area contributed by atoms with Crippen LogP contribution in [0.4, 0.5) is 0 Å². The van der Waals surface area contributed by atoms with Crippen molar-refractivity contribution in [3.63, 3.8) is 0 Å². The SMILES string of the molecule is CCCCCCC[SiH](OCCOCC)OCCOCC. The molecule has 0 amide bonds. The van der Waals surface area contributed by atoms with Gasteiger partial charge in [-0.15, -0.1) is 0 Å². The van der Waals surface area contributed by atoms with E-state index in [0.29, 0.717) is 26.4 Å². The molecule has 20 heavy (non-hydrogen) atoms. The molecule has 0 N–H and O–H groups in total. The Morgan fingerprint density at radius 3 is 1.70 bits per heavy atom. The fraction of sp³-hybridized carbons (Fsp3) is 1.00. The summed E-state index contributed by atoms with van der Waals surface area (Å²) in [5.41, 5.74) is 0. The molecular weight excluding hydrogens is 272 g/mol. The average Bonchev–Trinajstić information content (AvgIpc) is 2.47. The molecule has 0 bridgehead atoms. The lowest BCUT2D eigenvalue weighted by atomic mass is 10.2. The Bertz CT molecular complexity index is 169. The first-order valence-electron chi connectivity index (χ1n) is 8.23. The largest absolute Gasteiger partial charge is 0.394 e. The topological polar surface area (TPSA) is 36.9 Å². The molecule has 0 radical (unpaired) electrons. The zero-order chi connectivity index (χ0) is 14.9. The summed E-state index contributed by atoms with van der Waals surface area (Å²) in [7, 11) is -1.53. The van der Waals surface area contributed by atoms with Crippen LogP contribution in [0.15, 0.2) is 0 Å². The lowest BCUT2D eigenvalue weighted by Crippen LogP contribution is -2.26. The Hall–Kier alpha value is 0.0569. The second-order valence-corrected chi connectivity index (χ2v) is 6.87. The maximum atomic E-state index is 5.87. The molecule has 0 aliphatic rings. The van der Waals surface area contributed by atoms with E-state index >= 15 is 0 Å². The van der Waals surface area contributed by atoms with Gasteiger partial charge in [0.25, 0.3) is 0 Å². The van der Waals surface area contributed by atoms with Crippen LogP contribution in [0.1, 0.15) is 52.9 Å². The van der Waals surface area contributed by atoms with E-state index in [0.717, 1.165) is 19.3 Å². The first-order valence-corrected chi connectivity index (χ1v) is 9.99. The third-order valence-corrected chi connectivity index (χ3v) is 5.11. The summed E-state index contributed by atoms with van der Waals surface area (Å²) in [6, 6.07) is 1.10. The van der Waals surface area contributed by atoms with Crippen LogP contribution in [0.3, 0.4) is 0 Å². The molecular formula is C15H34O4Si. The van der Waals surface area contributed by atoms with Crippen LogP contribution in [-0.4, -0.2) is 48.9 Å². The third kappa shape index (κ3) is 14.5. The van der Waals surface area contributed by atoms with E-state index in [2.05, 4.69) is 6.92 Å². The van der Waals surface area contributed by atoms with Crippen molar-refractivity contribution in [1.29, 1.82) is 0 Å². The van der Waals surface area contributed by atoms with E-state index in [1.54, 1.807) is 0 Å². The quantitative estimate of drug-likeness (QED) is 0.324. The first kappa shape index (κ1) is 20.1. The van der Waals surface area contributed by atoms with Crippen molar-refractivity contribution in [2.24, 2.45) is 0 Å². The predicted molar refractivity (Wildman–Crippen MR) is 85.6 cm³/mol. The number of hydrogen-bond acceptors (Lipinski definition) is 4. The first-order chi connectivity index (χ1) is 9.85. The van der Waals surface area contributed by atoms with E-state index in [4.69, 9.17) is 18.3 Å². The highest BCUT2D eigenvalue weighted by atomic mass is 28.3. The van der Waals surface area contributed by atoms with E-state index < -0.39 is 9.28 Å². The van der Waals surface area contributed by atoms with Gasteiger partial charge in [0, 0.05) is 13.2 Å². The molecule has 0 fully saturated rings. The van der Waals surface area contributed by atoms with Crippen molar-refractivity contribution in [1.82, 2.24) is 0 Å². The molecule has 0 aromatic rings. The Kier molecular flexibility index (Phi) is 17.2. The Labute approximate surface area is 127 Å². The van der Waals surface area contributed by atoms with E-state index in [1.807, 2.05) is 13.8 Å². The third-order valence-electron chi connectivity index (χ3n) is 3.01. The maximum Gasteiger partial charge on any atom is 0.321 e. The molecule has 0 rings (SSSR count). The maximum absolute atomic E-state index is 5.87. The zero-order valence-electron chi connectivity index (χ0n) is 13.7. The summed E-state index contributed by atoms with van der Waals surface area (Å²) < 4.78 is 22.3. The highest BCUT2D eigenvalue weighted by molar-refractivity contribution is 6.44. The van der Waals surface area contributed by atoms with Gasteiger partial charge in [-0.25, -0.2) is 0 Å². The van der Waals surface area contributed by atoms with Crippen molar-refractivity contribution in [2.75, 3.05) is 39.6 Å². The molecule has 0 saturated heterocycles. The molecule has 0 heterocycles. The highest BCUT2D eigenvalue weighted by Gasteiger charge is 2.13. The Morgan fingerprint density at radius 2 is 1.20 bits per heavy atom. The lowest BCUT2D eigenvalue weighted by molar-refractivity contribution is 0.0748. The minimum Gasteiger partial charge on any atom is -0.394 e. The minimum atomic E-state index is -1.53. The van der Waals surface area contributed by atoms with Crippen LogP contribution in [0.25, 0.3) is 0 Å². The van der Waals surface area contributed by atoms with Crippen LogP contribution in [0.5, 0.6) is 0 Å². The Balaban J connectivity index is 3.67. The van der Waals surface area contributed by atoms with Gasteiger partial charge in [-0.3, -0.25) is 0 Å². The predicted octanol–water partition coefficient (Wildman–Crippen LogP) is 3.28. The van der Waals surface area contributed by atoms with Gasteiger partial charge in [-0.05, 0) is 19.9 Å². The number of unbranched alkanes of at least 4 members (excludes halogenated alkanes) is 4. The van der Waals surface area contributed by atoms with E-state index in [1.165, 1.54) is 32.1 Å². The zero-order valence-corrected chi connectivity index (χ0v) is 14.9. The second-order valence-electron chi connectivity index (χ2n) is 4.77. The van der Waals surface area contributed by atoms with Crippen molar-refractivity contribution in [2.45, 2.75) is 58.9 Å². The van der Waals surface area contributed by atoms with Gasteiger partial charge in [-0.2, -0.15) is 0 Å². The average molecular weight is 307 g/mol. The van der Waals surface area contributed by atoms with Gasteiger partial charge >= 0.3 is 9.28 Å². The van der Waals surface area contributed by atoms with Gasteiger partial charge in [0.05, 0.1) is 26.4 Å². The molecule has 0 aromatic carbocycles. The summed E-state index contributed by atoms with van der Waals surface area (Å²) in [6.07, 6.45) is 6.47. The van der Waals surface area contributed by atoms with E-state index in [-0.39, 0.29) is 0 Å². The molecule has 0 saturated carbocycles. The molecule has 0 aliphatic carbocycles. The van der Waals surface area contributed by atoms with E-state index in [9.17, 15) is 0 Å².